The van der Waals surface area contributed by atoms with E-state index < -0.39 is 31.7 Å². The molecule has 1 aromatic heterocycles. The minimum absolute atomic E-state index is 0.0680. The van der Waals surface area contributed by atoms with Gasteiger partial charge in [-0.15, -0.1) is 0 Å². The summed E-state index contributed by atoms with van der Waals surface area (Å²) in [6.07, 6.45) is -4.15. The standard InChI is InChI=1S/C20H24F3NO4S/c1-11(2)27-15-6-7-16(10-15)29(25,26)18-8-5-14(9-17(18)20(21,22)23)19-12(3)24-28-13(19)4/h5,8-9,11,15-16H,6-7,10H2,1-4H3/t15-,16-/m1/s1. The van der Waals surface area contributed by atoms with Gasteiger partial charge in [-0.05, 0) is 64.7 Å². The van der Waals surface area contributed by atoms with Crippen molar-refractivity contribution in [2.45, 2.75) is 75.5 Å². The van der Waals surface area contributed by atoms with Gasteiger partial charge < -0.3 is 9.26 Å². The molecule has 2 atom stereocenters. The van der Waals surface area contributed by atoms with E-state index in [1.165, 1.54) is 6.07 Å². The van der Waals surface area contributed by atoms with Crippen molar-refractivity contribution < 1.29 is 30.8 Å². The molecule has 0 aliphatic heterocycles. The van der Waals surface area contributed by atoms with Crippen molar-refractivity contribution in [1.29, 1.82) is 0 Å². The molecule has 0 saturated heterocycles. The van der Waals surface area contributed by atoms with Crippen molar-refractivity contribution in [2.24, 2.45) is 0 Å². The Labute approximate surface area is 168 Å². The van der Waals surface area contributed by atoms with Crippen LogP contribution in [0.1, 0.15) is 50.1 Å². The molecule has 1 fully saturated rings. The first-order valence-electron chi connectivity index (χ1n) is 9.45. The van der Waals surface area contributed by atoms with Gasteiger partial charge in [-0.2, -0.15) is 13.2 Å². The van der Waals surface area contributed by atoms with Gasteiger partial charge in [-0.1, -0.05) is 11.2 Å². The molecule has 5 nitrogen and oxygen atoms in total. The maximum Gasteiger partial charge on any atom is 0.417 e. The molecule has 1 aliphatic rings. The van der Waals surface area contributed by atoms with Gasteiger partial charge >= 0.3 is 6.18 Å². The molecule has 3 rings (SSSR count). The molecule has 0 spiro atoms. The zero-order chi connectivity index (χ0) is 21.6. The smallest absolute Gasteiger partial charge is 0.376 e. The summed E-state index contributed by atoms with van der Waals surface area (Å²) < 4.78 is 78.3. The van der Waals surface area contributed by atoms with Gasteiger partial charge in [0, 0.05) is 5.56 Å². The normalized spacial score (nSPS) is 20.6. The molecule has 2 aromatic rings. The maximum absolute atomic E-state index is 13.8. The van der Waals surface area contributed by atoms with Crippen molar-refractivity contribution in [3.8, 4) is 11.1 Å². The molecule has 1 saturated carbocycles. The number of ether oxygens (including phenoxy) is 1. The Morgan fingerprint density at radius 1 is 1.21 bits per heavy atom. The Morgan fingerprint density at radius 3 is 2.45 bits per heavy atom. The van der Waals surface area contributed by atoms with E-state index in [4.69, 9.17) is 9.26 Å². The number of rotatable bonds is 5. The maximum atomic E-state index is 13.8. The van der Waals surface area contributed by atoms with Crippen molar-refractivity contribution in [2.75, 3.05) is 0 Å². The number of nitrogens with zero attached hydrogens (tertiary/aromatic N) is 1. The van der Waals surface area contributed by atoms with E-state index in [1.54, 1.807) is 13.8 Å². The molecule has 160 valence electrons. The summed E-state index contributed by atoms with van der Waals surface area (Å²) in [5.74, 6) is 0.371. The van der Waals surface area contributed by atoms with Crippen molar-refractivity contribution >= 4 is 9.84 Å². The van der Waals surface area contributed by atoms with Crippen LogP contribution in [0.3, 0.4) is 0 Å². The van der Waals surface area contributed by atoms with E-state index in [2.05, 4.69) is 5.16 Å². The fourth-order valence-corrected chi connectivity index (χ4v) is 5.93. The number of hydrogen-bond donors (Lipinski definition) is 0. The lowest BCUT2D eigenvalue weighted by Gasteiger charge is -2.19. The quantitative estimate of drug-likeness (QED) is 0.659. The monoisotopic (exact) mass is 431 g/mol. The molecule has 1 heterocycles. The van der Waals surface area contributed by atoms with Gasteiger partial charge in [0.1, 0.15) is 5.76 Å². The van der Waals surface area contributed by atoms with Crippen LogP contribution in [0.4, 0.5) is 13.2 Å². The van der Waals surface area contributed by atoms with Crippen LogP contribution < -0.4 is 0 Å². The fraction of sp³-hybridized carbons (Fsp3) is 0.550. The SMILES string of the molecule is Cc1noc(C)c1-c1ccc(S(=O)(=O)[C@@H]2CC[C@@H](OC(C)C)C2)c(C(F)(F)F)c1. The van der Waals surface area contributed by atoms with E-state index in [-0.39, 0.29) is 30.6 Å². The Bertz CT molecular complexity index is 976. The number of hydrogen-bond acceptors (Lipinski definition) is 5. The molecule has 0 amide bonds. The molecule has 29 heavy (non-hydrogen) atoms. The van der Waals surface area contributed by atoms with Crippen LogP contribution in [0.2, 0.25) is 0 Å². The Balaban J connectivity index is 2.03. The average molecular weight is 431 g/mol. The van der Waals surface area contributed by atoms with Gasteiger partial charge in [0.2, 0.25) is 0 Å². The highest BCUT2D eigenvalue weighted by atomic mass is 32.2. The van der Waals surface area contributed by atoms with Gasteiger partial charge in [0.05, 0.1) is 33.6 Å². The Hall–Kier alpha value is -1.87. The molecule has 9 heteroatoms. The van der Waals surface area contributed by atoms with Crippen molar-refractivity contribution in [1.82, 2.24) is 5.16 Å². The lowest BCUT2D eigenvalue weighted by atomic mass is 10.0. The minimum atomic E-state index is -4.82. The van der Waals surface area contributed by atoms with Crippen LogP contribution in [0, 0.1) is 13.8 Å². The lowest BCUT2D eigenvalue weighted by molar-refractivity contribution is -0.139. The van der Waals surface area contributed by atoms with E-state index in [1.807, 2.05) is 13.8 Å². The van der Waals surface area contributed by atoms with Gasteiger partial charge in [0.15, 0.2) is 9.84 Å². The number of alkyl halides is 3. The van der Waals surface area contributed by atoms with Crippen LogP contribution in [-0.2, 0) is 20.8 Å². The van der Waals surface area contributed by atoms with E-state index in [0.717, 1.165) is 12.1 Å². The number of sulfone groups is 1. The van der Waals surface area contributed by atoms with E-state index >= 15 is 0 Å². The largest absolute Gasteiger partial charge is 0.417 e. The summed E-state index contributed by atoms with van der Waals surface area (Å²) in [6, 6.07) is 3.30. The summed E-state index contributed by atoms with van der Waals surface area (Å²) in [5.41, 5.74) is -0.0652. The van der Waals surface area contributed by atoms with Crippen molar-refractivity contribution in [3.05, 3.63) is 35.2 Å². The zero-order valence-corrected chi connectivity index (χ0v) is 17.5. The van der Waals surface area contributed by atoms with E-state index in [9.17, 15) is 21.6 Å². The first-order chi connectivity index (χ1) is 13.4. The predicted molar refractivity (Wildman–Crippen MR) is 101 cm³/mol. The second-order valence-corrected chi connectivity index (χ2v) is 9.89. The van der Waals surface area contributed by atoms with Crippen LogP contribution >= 0.6 is 0 Å². The zero-order valence-electron chi connectivity index (χ0n) is 16.7. The second-order valence-electron chi connectivity index (χ2n) is 7.69. The summed E-state index contributed by atoms with van der Waals surface area (Å²) in [4.78, 5) is -0.685. The first-order valence-corrected chi connectivity index (χ1v) is 11.0. The Morgan fingerprint density at radius 2 is 1.90 bits per heavy atom. The molecule has 0 radical (unpaired) electrons. The van der Waals surface area contributed by atoms with Crippen LogP contribution in [0.25, 0.3) is 11.1 Å². The number of aromatic nitrogens is 1. The van der Waals surface area contributed by atoms with Crippen LogP contribution in [0.15, 0.2) is 27.6 Å². The molecular weight excluding hydrogens is 407 g/mol. The molecule has 0 unspecified atom stereocenters. The number of benzene rings is 1. The van der Waals surface area contributed by atoms with Crippen LogP contribution in [-0.4, -0.2) is 31.0 Å². The highest BCUT2D eigenvalue weighted by Crippen LogP contribution is 2.41. The summed E-state index contributed by atoms with van der Waals surface area (Å²) in [5, 5.41) is 2.87. The number of halogens is 3. The number of aryl methyl sites for hydroxylation is 2. The summed E-state index contributed by atoms with van der Waals surface area (Å²) in [6.45, 7) is 6.91. The molecule has 0 N–H and O–H groups in total. The fourth-order valence-electron chi connectivity index (χ4n) is 3.92. The van der Waals surface area contributed by atoms with Gasteiger partial charge in [0.25, 0.3) is 0 Å². The third-order valence-corrected chi connectivity index (χ3v) is 7.43. The topological polar surface area (TPSA) is 69.4 Å². The van der Waals surface area contributed by atoms with Gasteiger partial charge in [-0.25, -0.2) is 8.42 Å². The third-order valence-electron chi connectivity index (χ3n) is 5.15. The minimum Gasteiger partial charge on any atom is -0.376 e. The molecule has 1 aromatic carbocycles. The highest BCUT2D eigenvalue weighted by molar-refractivity contribution is 7.92. The summed E-state index contributed by atoms with van der Waals surface area (Å²) in [7, 11) is -4.17. The summed E-state index contributed by atoms with van der Waals surface area (Å²) >= 11 is 0. The van der Waals surface area contributed by atoms with Crippen LogP contribution in [0.5, 0.6) is 0 Å². The van der Waals surface area contributed by atoms with Crippen molar-refractivity contribution in [3.63, 3.8) is 0 Å². The average Bonchev–Trinajstić information content (AvgIpc) is 3.20. The highest BCUT2D eigenvalue weighted by Gasteiger charge is 2.42. The second kappa shape index (κ2) is 7.75. The molecule has 1 aliphatic carbocycles. The third kappa shape index (κ3) is 4.35. The van der Waals surface area contributed by atoms with E-state index in [0.29, 0.717) is 23.4 Å². The lowest BCUT2D eigenvalue weighted by Crippen LogP contribution is -2.24. The molecular formula is C20H24F3NO4S. The Kier molecular flexibility index (Phi) is 5.84. The first kappa shape index (κ1) is 21.8. The molecule has 0 bridgehead atoms. The van der Waals surface area contributed by atoms with Gasteiger partial charge in [-0.3, -0.25) is 0 Å². The predicted octanol–water partition coefficient (Wildman–Crippen LogP) is 5.10.